The predicted octanol–water partition coefficient (Wildman–Crippen LogP) is 17.9. The molecule has 4 aromatic heterocycles. The first-order chi connectivity index (χ1) is 39.3. The van der Waals surface area contributed by atoms with Crippen molar-refractivity contribution in [3.63, 3.8) is 0 Å². The molecule has 6 heterocycles. The number of nitrogens with zero attached hydrogens (tertiary/aromatic N) is 2. The molecule has 2 unspecified atom stereocenters. The lowest BCUT2D eigenvalue weighted by Gasteiger charge is -2.28. The number of carbonyl (C=O) groups excluding carboxylic acids is 2. The Hall–Kier alpha value is -6.48. The van der Waals surface area contributed by atoms with Gasteiger partial charge >= 0.3 is 0 Å². The van der Waals surface area contributed by atoms with Crippen LogP contribution in [0.1, 0.15) is 201 Å². The van der Waals surface area contributed by atoms with Gasteiger partial charge < -0.3 is 9.80 Å². The monoisotopic (exact) mass is 1130 g/mol. The third kappa shape index (κ3) is 20.0. The Bertz CT molecular complexity index is 3340. The lowest BCUT2D eigenvalue weighted by Crippen LogP contribution is -2.34. The van der Waals surface area contributed by atoms with Crippen LogP contribution in [0.4, 0.5) is 0 Å². The molecule has 8 heteroatoms. The second kappa shape index (κ2) is 36.0. The quantitative estimate of drug-likeness (QED) is 0.0361. The molecule has 2 aliphatic rings. The van der Waals surface area contributed by atoms with E-state index in [1.807, 2.05) is 27.6 Å². The standard InChI is InChI=1S/C72H78N2O2S4/c1-7-11-15-19-23-26-27-28-29-30-31-32-33-36-40-44-47-59(46-42-38-34-24-20-16-12-8-2)55-73-69(62-50-49-57(5)77-62)67-68(72(73)76)70(63-52-51-61(79-63)65-54-66-64(80-65)53-58(6)78-66)74(71(67)75)56-60(45-41-37-22-18-14-10-4)48-43-39-35-25-21-17-13-9-3/h1,49-54,59-60H,8-10,12-14,16-18,20-22,24-25,34-35,37-39,41-43,45-46,48,55-56H2,2-6H3. The lowest BCUT2D eigenvalue weighted by atomic mass is 9.93. The summed E-state index contributed by atoms with van der Waals surface area (Å²) < 4.78 is 2.60. The zero-order valence-electron chi connectivity index (χ0n) is 48.1. The highest BCUT2D eigenvalue weighted by Gasteiger charge is 2.50. The Morgan fingerprint density at radius 2 is 0.825 bits per heavy atom. The van der Waals surface area contributed by atoms with Crippen molar-refractivity contribution in [2.45, 2.75) is 195 Å². The van der Waals surface area contributed by atoms with E-state index in [1.54, 1.807) is 22.7 Å². The summed E-state index contributed by atoms with van der Waals surface area (Å²) >= 11 is 7.00. The van der Waals surface area contributed by atoms with E-state index in [-0.39, 0.29) is 17.7 Å². The highest BCUT2D eigenvalue weighted by Crippen LogP contribution is 2.51. The molecule has 2 amide bonds. The van der Waals surface area contributed by atoms with E-state index in [0.29, 0.717) is 30.2 Å². The Morgan fingerprint density at radius 3 is 1.30 bits per heavy atom. The van der Waals surface area contributed by atoms with Gasteiger partial charge in [0.05, 0.1) is 32.3 Å². The third-order valence-corrected chi connectivity index (χ3v) is 19.0. The first-order valence-electron chi connectivity index (χ1n) is 29.5. The van der Waals surface area contributed by atoms with Crippen molar-refractivity contribution in [1.82, 2.24) is 9.80 Å². The number of carbonyl (C=O) groups is 2. The normalized spacial score (nSPS) is 12.9. The van der Waals surface area contributed by atoms with E-state index in [9.17, 15) is 0 Å². The van der Waals surface area contributed by atoms with Gasteiger partial charge in [0.15, 0.2) is 0 Å². The largest absolute Gasteiger partial charge is 0.306 e. The van der Waals surface area contributed by atoms with Gasteiger partial charge in [0.25, 0.3) is 11.8 Å². The van der Waals surface area contributed by atoms with E-state index in [1.165, 1.54) is 135 Å². The number of hydrogen-bond acceptors (Lipinski definition) is 6. The molecule has 0 saturated heterocycles. The summed E-state index contributed by atoms with van der Waals surface area (Å²) in [6, 6.07) is 13.1. The summed E-state index contributed by atoms with van der Waals surface area (Å²) in [7, 11) is 0. The van der Waals surface area contributed by atoms with E-state index < -0.39 is 0 Å². The van der Waals surface area contributed by atoms with Crippen LogP contribution < -0.4 is 0 Å². The van der Waals surface area contributed by atoms with Crippen molar-refractivity contribution < 1.29 is 9.59 Å². The number of terminal acetylenes is 1. The highest BCUT2D eigenvalue weighted by atomic mass is 32.1. The average molecular weight is 1130 g/mol. The van der Waals surface area contributed by atoms with Gasteiger partial charge in [-0.25, -0.2) is 0 Å². The Kier molecular flexibility index (Phi) is 28.2. The Labute approximate surface area is 497 Å². The first kappa shape index (κ1) is 62.7. The van der Waals surface area contributed by atoms with Crippen molar-refractivity contribution in [2.24, 2.45) is 11.8 Å². The molecule has 4 aromatic rings. The summed E-state index contributed by atoms with van der Waals surface area (Å²) in [6.45, 7) is 12.0. The Balaban J connectivity index is 1.34. The van der Waals surface area contributed by atoms with Crippen LogP contribution in [0, 0.1) is 133 Å². The molecule has 2 atom stereocenters. The summed E-state index contributed by atoms with van der Waals surface area (Å²) in [6.07, 6.45) is 35.2. The van der Waals surface area contributed by atoms with Crippen molar-refractivity contribution in [3.8, 4) is 117 Å². The minimum Gasteiger partial charge on any atom is -0.306 e. The number of rotatable bonds is 32. The van der Waals surface area contributed by atoms with Gasteiger partial charge in [-0.3, -0.25) is 9.59 Å². The van der Waals surface area contributed by atoms with Crippen LogP contribution in [0.25, 0.3) is 30.5 Å². The summed E-state index contributed by atoms with van der Waals surface area (Å²) in [5.74, 6) is 45.6. The number of thiophene rings is 4. The van der Waals surface area contributed by atoms with Crippen LogP contribution in [0.5, 0.6) is 0 Å². The van der Waals surface area contributed by atoms with E-state index in [0.717, 1.165) is 75.8 Å². The van der Waals surface area contributed by atoms with Gasteiger partial charge in [-0.15, -0.1) is 51.8 Å². The highest BCUT2D eigenvalue weighted by molar-refractivity contribution is 7.31. The fourth-order valence-corrected chi connectivity index (χ4v) is 14.8. The number of amides is 2. The van der Waals surface area contributed by atoms with E-state index >= 15 is 9.59 Å². The molecule has 0 aromatic carbocycles. The maximum atomic E-state index is 15.8. The maximum absolute atomic E-state index is 15.8. The topological polar surface area (TPSA) is 40.6 Å². The molecule has 4 nitrogen and oxygen atoms in total. The van der Waals surface area contributed by atoms with Crippen molar-refractivity contribution in [1.29, 1.82) is 0 Å². The van der Waals surface area contributed by atoms with Crippen molar-refractivity contribution >= 4 is 78.0 Å². The molecule has 0 aliphatic carbocycles. The number of aryl methyl sites for hydroxylation is 2. The minimum atomic E-state index is -0.185. The molecule has 0 fully saturated rings. The van der Waals surface area contributed by atoms with Crippen LogP contribution in [-0.4, -0.2) is 34.7 Å². The summed E-state index contributed by atoms with van der Waals surface area (Å²) in [5.41, 5.74) is 2.60. The fraction of sp³-hybridized carbons (Fsp3) is 0.472. The molecule has 0 N–H and O–H groups in total. The number of unbranched alkanes of at least 4 members (excludes halogenated alkanes) is 19. The van der Waals surface area contributed by atoms with Gasteiger partial charge in [0, 0.05) is 47.9 Å². The van der Waals surface area contributed by atoms with Gasteiger partial charge in [-0.2, -0.15) is 0 Å². The number of fused-ring (bicyclic) bond motifs is 2. The van der Waals surface area contributed by atoms with E-state index in [2.05, 4.69) is 177 Å². The van der Waals surface area contributed by atoms with Gasteiger partial charge in [0.2, 0.25) is 0 Å². The van der Waals surface area contributed by atoms with Crippen molar-refractivity contribution in [3.05, 3.63) is 67.1 Å². The van der Waals surface area contributed by atoms with Crippen LogP contribution >= 0.6 is 45.3 Å². The number of hydrogen-bond donors (Lipinski definition) is 0. The van der Waals surface area contributed by atoms with Crippen LogP contribution in [-0.2, 0) is 9.59 Å². The zero-order valence-corrected chi connectivity index (χ0v) is 51.4. The fourth-order valence-electron chi connectivity index (χ4n) is 10.4. The lowest BCUT2D eigenvalue weighted by molar-refractivity contribution is -0.124. The molecule has 2 aliphatic heterocycles. The minimum absolute atomic E-state index is 0.0494. The Morgan fingerprint density at radius 1 is 0.412 bits per heavy atom. The second-order valence-electron chi connectivity index (χ2n) is 20.9. The van der Waals surface area contributed by atoms with Crippen LogP contribution in [0.15, 0.2) is 47.5 Å². The third-order valence-electron chi connectivity index (χ3n) is 14.5. The first-order valence-corrected chi connectivity index (χ1v) is 32.8. The molecular formula is C72H78N2O2S4. The smallest absolute Gasteiger partial charge is 0.261 e. The van der Waals surface area contributed by atoms with E-state index in [4.69, 9.17) is 6.42 Å². The molecule has 0 radical (unpaired) electrons. The molecular weight excluding hydrogens is 1050 g/mol. The van der Waals surface area contributed by atoms with Gasteiger partial charge in [-0.1, -0.05) is 168 Å². The second-order valence-corrected chi connectivity index (χ2v) is 25.6. The molecule has 0 spiro atoms. The molecule has 80 heavy (non-hydrogen) atoms. The summed E-state index contributed by atoms with van der Waals surface area (Å²) in [5, 5.41) is 0. The zero-order chi connectivity index (χ0) is 56.6. The molecule has 0 saturated carbocycles. The maximum Gasteiger partial charge on any atom is 0.261 e. The molecule has 6 rings (SSSR count). The van der Waals surface area contributed by atoms with Crippen LogP contribution in [0.3, 0.4) is 0 Å². The SMILES string of the molecule is C#CC#CC#CC#CC#CC#CC#CC#CC#CC(CCCCCCCCCC)CN1C(=O)C2=C(c3ccc(-c4cc5sc(C)cc5s4)s3)N(CC(CCCCCCCC)CCCCCCCCCC)C(=O)C2=C1c1ccc(C)s1. The molecule has 0 bridgehead atoms. The van der Waals surface area contributed by atoms with Crippen molar-refractivity contribution in [2.75, 3.05) is 13.1 Å². The average Bonchev–Trinajstić information content (AvgIpc) is 4.50. The van der Waals surface area contributed by atoms with Gasteiger partial charge in [0.1, 0.15) is 0 Å². The summed E-state index contributed by atoms with van der Waals surface area (Å²) in [4.78, 5) is 42.2. The van der Waals surface area contributed by atoms with Crippen LogP contribution in [0.2, 0.25) is 0 Å². The predicted molar refractivity (Wildman–Crippen MR) is 345 cm³/mol. The molecule has 412 valence electrons. The van der Waals surface area contributed by atoms with Gasteiger partial charge in [-0.05, 0) is 170 Å².